The van der Waals surface area contributed by atoms with Gasteiger partial charge >= 0.3 is 0 Å². The molecule has 2 heteroatoms. The number of hydrogen-bond donors (Lipinski definition) is 0. The van der Waals surface area contributed by atoms with Crippen LogP contribution in [0.1, 0.15) is 41.5 Å². The summed E-state index contributed by atoms with van der Waals surface area (Å²) in [5.74, 6) is 1.28. The van der Waals surface area contributed by atoms with Gasteiger partial charge < -0.3 is 4.55 Å². The third kappa shape index (κ3) is 3.36. The van der Waals surface area contributed by atoms with E-state index in [9.17, 15) is 4.55 Å². The predicted molar refractivity (Wildman–Crippen MR) is 56.8 cm³/mol. The molecule has 12 heavy (non-hydrogen) atoms. The summed E-state index contributed by atoms with van der Waals surface area (Å²) in [5.41, 5.74) is 0.162. The van der Waals surface area contributed by atoms with Crippen LogP contribution in [0.5, 0.6) is 0 Å². The highest BCUT2D eigenvalue weighted by molar-refractivity contribution is 7.92. The molecule has 0 radical (unpaired) electrons. The highest BCUT2D eigenvalue weighted by atomic mass is 32.2. The third-order valence-electron chi connectivity index (χ3n) is 2.03. The average Bonchev–Trinajstić information content (AvgIpc) is 1.83. The van der Waals surface area contributed by atoms with E-state index in [0.29, 0.717) is 11.2 Å². The zero-order valence-electron chi connectivity index (χ0n) is 9.18. The molecule has 0 saturated carbocycles. The smallest absolute Gasteiger partial charge is 0.122 e. The molecule has 2 atom stereocenters. The van der Waals surface area contributed by atoms with E-state index in [2.05, 4.69) is 34.6 Å². The van der Waals surface area contributed by atoms with E-state index in [1.165, 1.54) is 0 Å². The zero-order chi connectivity index (χ0) is 9.94. The molecule has 74 valence electrons. The molecule has 0 spiro atoms. The van der Waals surface area contributed by atoms with Crippen LogP contribution >= 0.6 is 0 Å². The molecule has 1 unspecified atom stereocenters. The van der Waals surface area contributed by atoms with Gasteiger partial charge in [-0.3, -0.25) is 0 Å². The second kappa shape index (κ2) is 4.52. The van der Waals surface area contributed by atoms with Crippen molar-refractivity contribution in [2.45, 2.75) is 46.8 Å². The summed E-state index contributed by atoms with van der Waals surface area (Å²) in [4.78, 5) is 0. The maximum absolute atomic E-state index is 11.7. The van der Waals surface area contributed by atoms with Gasteiger partial charge in [-0.25, -0.2) is 0 Å². The molecule has 0 aromatic heterocycles. The Morgan fingerprint density at radius 2 is 1.67 bits per heavy atom. The van der Waals surface area contributed by atoms with Gasteiger partial charge in [0.05, 0.1) is 0 Å². The van der Waals surface area contributed by atoms with Crippen molar-refractivity contribution in [2.24, 2.45) is 11.3 Å². The van der Waals surface area contributed by atoms with Crippen molar-refractivity contribution in [1.82, 2.24) is 0 Å². The first kappa shape index (κ1) is 12.3. The monoisotopic (exact) mass is 190 g/mol. The van der Waals surface area contributed by atoms with Gasteiger partial charge in [0.2, 0.25) is 0 Å². The quantitative estimate of drug-likeness (QED) is 0.628. The SMILES string of the molecule is CC[S+]([O-])[C@@H](C(C)C)C(C)(C)C. The van der Waals surface area contributed by atoms with Crippen LogP contribution in [0.25, 0.3) is 0 Å². The van der Waals surface area contributed by atoms with Gasteiger partial charge in [0.25, 0.3) is 0 Å². The predicted octanol–water partition coefficient (Wildman–Crippen LogP) is 2.83. The Labute approximate surface area is 80.1 Å². The molecule has 0 heterocycles. The van der Waals surface area contributed by atoms with Crippen molar-refractivity contribution in [3.63, 3.8) is 0 Å². The Balaban J connectivity index is 4.44. The Bertz CT molecular complexity index is 126. The van der Waals surface area contributed by atoms with Gasteiger partial charge in [-0.15, -0.1) is 0 Å². The largest absolute Gasteiger partial charge is 0.616 e. The highest BCUT2D eigenvalue weighted by Crippen LogP contribution is 2.31. The van der Waals surface area contributed by atoms with Crippen LogP contribution in [0.15, 0.2) is 0 Å². The molecule has 0 saturated heterocycles. The summed E-state index contributed by atoms with van der Waals surface area (Å²) < 4.78 is 11.7. The molecule has 0 rings (SSSR count). The molecular weight excluding hydrogens is 168 g/mol. The maximum atomic E-state index is 11.7. The van der Waals surface area contributed by atoms with Crippen molar-refractivity contribution in [1.29, 1.82) is 0 Å². The van der Waals surface area contributed by atoms with E-state index in [0.717, 1.165) is 5.75 Å². The molecule has 0 N–H and O–H groups in total. The van der Waals surface area contributed by atoms with Crippen molar-refractivity contribution >= 4 is 11.2 Å². The van der Waals surface area contributed by atoms with Crippen molar-refractivity contribution in [3.05, 3.63) is 0 Å². The third-order valence-corrected chi connectivity index (χ3v) is 4.41. The lowest BCUT2D eigenvalue weighted by molar-refractivity contribution is 0.320. The second-order valence-electron chi connectivity index (χ2n) is 4.70. The second-order valence-corrected chi connectivity index (χ2v) is 6.55. The van der Waals surface area contributed by atoms with Crippen LogP contribution in [0.4, 0.5) is 0 Å². The van der Waals surface area contributed by atoms with Crippen LogP contribution in [-0.2, 0) is 11.2 Å². The van der Waals surface area contributed by atoms with E-state index in [1.807, 2.05) is 6.92 Å². The Kier molecular flexibility index (Phi) is 4.64. The minimum Gasteiger partial charge on any atom is -0.616 e. The van der Waals surface area contributed by atoms with E-state index < -0.39 is 11.2 Å². The molecule has 0 aromatic rings. The topological polar surface area (TPSA) is 23.1 Å². The van der Waals surface area contributed by atoms with E-state index in [4.69, 9.17) is 0 Å². The summed E-state index contributed by atoms with van der Waals surface area (Å²) in [6.07, 6.45) is 0. The summed E-state index contributed by atoms with van der Waals surface area (Å²) >= 11 is -0.664. The Hall–Kier alpha value is 0.310. The van der Waals surface area contributed by atoms with Crippen LogP contribution in [-0.4, -0.2) is 15.6 Å². The first-order valence-electron chi connectivity index (χ1n) is 4.67. The Morgan fingerprint density at radius 1 is 1.25 bits per heavy atom. The average molecular weight is 190 g/mol. The van der Waals surface area contributed by atoms with E-state index in [-0.39, 0.29) is 5.41 Å². The lowest BCUT2D eigenvalue weighted by atomic mass is 9.85. The normalized spacial score (nSPS) is 18.0. The minimum absolute atomic E-state index is 0.162. The minimum atomic E-state index is -0.664. The molecule has 0 aromatic carbocycles. The van der Waals surface area contributed by atoms with Gasteiger partial charge in [0.15, 0.2) is 0 Å². The summed E-state index contributed by atoms with van der Waals surface area (Å²) in [7, 11) is 0. The van der Waals surface area contributed by atoms with E-state index >= 15 is 0 Å². The lowest BCUT2D eigenvalue weighted by Gasteiger charge is -2.34. The molecule has 0 fully saturated rings. The maximum Gasteiger partial charge on any atom is 0.122 e. The number of hydrogen-bond acceptors (Lipinski definition) is 1. The summed E-state index contributed by atoms with van der Waals surface area (Å²) in [6, 6.07) is 0. The number of rotatable bonds is 3. The first-order chi connectivity index (χ1) is 5.30. The first-order valence-corrected chi connectivity index (χ1v) is 6.06. The van der Waals surface area contributed by atoms with Gasteiger partial charge in [0, 0.05) is 11.3 Å². The molecule has 0 bridgehead atoms. The van der Waals surface area contributed by atoms with Gasteiger partial charge in [0.1, 0.15) is 11.0 Å². The Morgan fingerprint density at radius 3 is 1.75 bits per heavy atom. The summed E-state index contributed by atoms with van der Waals surface area (Å²) in [5, 5.41) is 0.322. The fourth-order valence-electron chi connectivity index (χ4n) is 1.88. The van der Waals surface area contributed by atoms with Crippen molar-refractivity contribution in [2.75, 3.05) is 5.75 Å². The molecule has 0 aliphatic carbocycles. The van der Waals surface area contributed by atoms with Crippen LogP contribution in [0, 0.1) is 11.3 Å². The lowest BCUT2D eigenvalue weighted by Crippen LogP contribution is -2.39. The van der Waals surface area contributed by atoms with Crippen molar-refractivity contribution in [3.8, 4) is 0 Å². The molecular formula is C10H22OS. The molecule has 0 aliphatic rings. The molecule has 0 aliphatic heterocycles. The molecule has 0 amide bonds. The van der Waals surface area contributed by atoms with Crippen LogP contribution < -0.4 is 0 Å². The van der Waals surface area contributed by atoms with Gasteiger partial charge in [-0.2, -0.15) is 0 Å². The van der Waals surface area contributed by atoms with Gasteiger partial charge in [-0.1, -0.05) is 45.8 Å². The fraction of sp³-hybridized carbons (Fsp3) is 1.00. The standard InChI is InChI=1S/C10H22OS/c1-7-12(11)9(8(2)3)10(4,5)6/h8-9H,7H2,1-6H3/t9-,12?/m0/s1. The summed E-state index contributed by atoms with van der Waals surface area (Å²) in [6.45, 7) is 12.8. The molecule has 1 nitrogen and oxygen atoms in total. The van der Waals surface area contributed by atoms with Crippen LogP contribution in [0.2, 0.25) is 0 Å². The zero-order valence-corrected chi connectivity index (χ0v) is 9.99. The van der Waals surface area contributed by atoms with Gasteiger partial charge in [-0.05, 0) is 6.92 Å². The van der Waals surface area contributed by atoms with E-state index in [1.54, 1.807) is 0 Å². The fourth-order valence-corrected chi connectivity index (χ4v) is 3.63. The van der Waals surface area contributed by atoms with Crippen molar-refractivity contribution < 1.29 is 4.55 Å². The van der Waals surface area contributed by atoms with Crippen LogP contribution in [0.3, 0.4) is 0 Å². The highest BCUT2D eigenvalue weighted by Gasteiger charge is 2.36.